The van der Waals surface area contributed by atoms with Crippen molar-refractivity contribution in [3.05, 3.63) is 100 Å². The SMILES string of the molecule is Cc1ccccc1C(=O)N1[C@@H](C(=O)NCc2cccnc2)COC12CCN(C(=O)c1ccccc1Cl)CC2. The molecule has 0 bridgehead atoms. The van der Waals surface area contributed by atoms with Gasteiger partial charge in [-0.15, -0.1) is 0 Å². The third-order valence-electron chi connectivity index (χ3n) is 7.28. The number of aryl methyl sites for hydroxylation is 1. The molecular formula is C29H29ClN4O4. The summed E-state index contributed by atoms with van der Waals surface area (Å²) >= 11 is 6.26. The van der Waals surface area contributed by atoms with E-state index in [-0.39, 0.29) is 24.3 Å². The van der Waals surface area contributed by atoms with E-state index >= 15 is 0 Å². The van der Waals surface area contributed by atoms with Crippen LogP contribution in [0, 0.1) is 6.92 Å². The molecule has 3 amide bonds. The molecule has 0 unspecified atom stereocenters. The van der Waals surface area contributed by atoms with Crippen LogP contribution in [0.2, 0.25) is 5.02 Å². The van der Waals surface area contributed by atoms with Gasteiger partial charge >= 0.3 is 0 Å². The molecule has 196 valence electrons. The molecule has 1 N–H and O–H groups in total. The first kappa shape index (κ1) is 25.9. The first-order valence-electron chi connectivity index (χ1n) is 12.6. The quantitative estimate of drug-likeness (QED) is 0.539. The number of rotatable bonds is 5. The summed E-state index contributed by atoms with van der Waals surface area (Å²) in [6.07, 6.45) is 4.13. The first-order chi connectivity index (χ1) is 18.4. The molecule has 3 heterocycles. The number of pyridine rings is 1. The Labute approximate surface area is 226 Å². The number of aromatic nitrogens is 1. The van der Waals surface area contributed by atoms with Crippen molar-refractivity contribution in [3.63, 3.8) is 0 Å². The van der Waals surface area contributed by atoms with Crippen molar-refractivity contribution in [3.8, 4) is 0 Å². The van der Waals surface area contributed by atoms with E-state index in [0.717, 1.165) is 11.1 Å². The zero-order chi connectivity index (χ0) is 26.7. The molecule has 2 saturated heterocycles. The molecule has 5 rings (SSSR count). The maximum Gasteiger partial charge on any atom is 0.257 e. The average Bonchev–Trinajstić information content (AvgIpc) is 3.31. The third-order valence-corrected chi connectivity index (χ3v) is 7.61. The summed E-state index contributed by atoms with van der Waals surface area (Å²) in [7, 11) is 0. The smallest absolute Gasteiger partial charge is 0.257 e. The fourth-order valence-electron chi connectivity index (χ4n) is 5.18. The fraction of sp³-hybridized carbons (Fsp3) is 0.310. The minimum absolute atomic E-state index is 0.0783. The van der Waals surface area contributed by atoms with Crippen molar-refractivity contribution in [1.82, 2.24) is 20.1 Å². The molecule has 1 atom stereocenters. The summed E-state index contributed by atoms with van der Waals surface area (Å²) in [6.45, 7) is 2.98. The third kappa shape index (κ3) is 5.01. The summed E-state index contributed by atoms with van der Waals surface area (Å²) in [6, 6.07) is 17.2. The number of halogens is 1. The van der Waals surface area contributed by atoms with Crippen LogP contribution in [0.5, 0.6) is 0 Å². The van der Waals surface area contributed by atoms with E-state index in [1.54, 1.807) is 58.6 Å². The van der Waals surface area contributed by atoms with Crippen molar-refractivity contribution in [2.45, 2.75) is 38.1 Å². The Morgan fingerprint density at radius 3 is 2.39 bits per heavy atom. The molecule has 8 nitrogen and oxygen atoms in total. The van der Waals surface area contributed by atoms with Gasteiger partial charge in [-0.2, -0.15) is 0 Å². The Kier molecular flexibility index (Phi) is 7.44. The first-order valence-corrected chi connectivity index (χ1v) is 13.0. The Hall–Kier alpha value is -3.75. The second kappa shape index (κ2) is 10.9. The molecule has 1 spiro atoms. The van der Waals surface area contributed by atoms with Crippen LogP contribution >= 0.6 is 11.6 Å². The van der Waals surface area contributed by atoms with E-state index in [4.69, 9.17) is 16.3 Å². The van der Waals surface area contributed by atoms with Gasteiger partial charge in [-0.05, 0) is 42.3 Å². The summed E-state index contributed by atoms with van der Waals surface area (Å²) in [5.41, 5.74) is 1.65. The van der Waals surface area contributed by atoms with Crippen molar-refractivity contribution >= 4 is 29.3 Å². The number of carbonyl (C=O) groups is 3. The number of likely N-dealkylation sites (tertiary alicyclic amines) is 1. The van der Waals surface area contributed by atoms with E-state index in [1.807, 2.05) is 31.2 Å². The molecule has 0 saturated carbocycles. The van der Waals surface area contributed by atoms with Crippen LogP contribution in [0.1, 0.15) is 44.7 Å². The minimum Gasteiger partial charge on any atom is -0.353 e. The zero-order valence-electron chi connectivity index (χ0n) is 21.1. The lowest BCUT2D eigenvalue weighted by Gasteiger charge is -2.44. The van der Waals surface area contributed by atoms with Gasteiger partial charge in [0.1, 0.15) is 11.8 Å². The Bertz CT molecular complexity index is 1340. The van der Waals surface area contributed by atoms with E-state index in [1.165, 1.54) is 0 Å². The van der Waals surface area contributed by atoms with Crippen LogP contribution < -0.4 is 5.32 Å². The van der Waals surface area contributed by atoms with Crippen molar-refractivity contribution in [1.29, 1.82) is 0 Å². The molecule has 0 aliphatic carbocycles. The van der Waals surface area contributed by atoms with Gasteiger partial charge in [-0.25, -0.2) is 0 Å². The zero-order valence-corrected chi connectivity index (χ0v) is 21.9. The van der Waals surface area contributed by atoms with Crippen LogP contribution in [-0.4, -0.2) is 64.0 Å². The maximum absolute atomic E-state index is 14.0. The summed E-state index contributed by atoms with van der Waals surface area (Å²) in [5.74, 6) is -0.707. The van der Waals surface area contributed by atoms with E-state index < -0.39 is 11.8 Å². The van der Waals surface area contributed by atoms with Crippen LogP contribution in [0.25, 0.3) is 0 Å². The van der Waals surface area contributed by atoms with Crippen LogP contribution in [0.4, 0.5) is 0 Å². The van der Waals surface area contributed by atoms with Gasteiger partial charge in [-0.1, -0.05) is 48.0 Å². The van der Waals surface area contributed by atoms with Gasteiger partial charge in [0, 0.05) is 50.4 Å². The normalized spacial score (nSPS) is 18.4. The van der Waals surface area contributed by atoms with Crippen molar-refractivity contribution in [2.24, 2.45) is 0 Å². The summed E-state index contributed by atoms with van der Waals surface area (Å²) in [5, 5.41) is 3.34. The van der Waals surface area contributed by atoms with Crippen LogP contribution in [0.3, 0.4) is 0 Å². The van der Waals surface area contributed by atoms with Gasteiger partial charge in [-0.3, -0.25) is 24.3 Å². The largest absolute Gasteiger partial charge is 0.353 e. The molecule has 2 aromatic carbocycles. The van der Waals surface area contributed by atoms with E-state index in [9.17, 15) is 14.4 Å². The number of ether oxygens (including phenoxy) is 1. The predicted molar refractivity (Wildman–Crippen MR) is 142 cm³/mol. The minimum atomic E-state index is -0.993. The summed E-state index contributed by atoms with van der Waals surface area (Å²) in [4.78, 5) is 47.9. The van der Waals surface area contributed by atoms with Gasteiger partial charge in [0.25, 0.3) is 11.8 Å². The predicted octanol–water partition coefficient (Wildman–Crippen LogP) is 3.83. The van der Waals surface area contributed by atoms with E-state index in [2.05, 4.69) is 10.3 Å². The Balaban J connectivity index is 1.38. The average molecular weight is 533 g/mol. The van der Waals surface area contributed by atoms with Gasteiger partial charge in [0.15, 0.2) is 0 Å². The number of amides is 3. The number of piperidine rings is 1. The highest BCUT2D eigenvalue weighted by atomic mass is 35.5. The van der Waals surface area contributed by atoms with Gasteiger partial charge < -0.3 is 15.0 Å². The van der Waals surface area contributed by atoms with E-state index in [0.29, 0.717) is 48.6 Å². The highest BCUT2D eigenvalue weighted by Gasteiger charge is 2.54. The van der Waals surface area contributed by atoms with Crippen molar-refractivity contribution in [2.75, 3.05) is 19.7 Å². The molecule has 3 aromatic rings. The number of hydrogen-bond acceptors (Lipinski definition) is 5. The molecule has 2 aliphatic heterocycles. The number of hydrogen-bond donors (Lipinski definition) is 1. The monoisotopic (exact) mass is 532 g/mol. The van der Waals surface area contributed by atoms with Crippen LogP contribution in [0.15, 0.2) is 73.1 Å². The van der Waals surface area contributed by atoms with Crippen molar-refractivity contribution < 1.29 is 19.1 Å². The molecule has 9 heteroatoms. The molecule has 1 aromatic heterocycles. The second-order valence-corrected chi connectivity index (χ2v) is 10.0. The Morgan fingerprint density at radius 2 is 1.71 bits per heavy atom. The molecule has 0 radical (unpaired) electrons. The lowest BCUT2D eigenvalue weighted by Crippen LogP contribution is -2.59. The number of nitrogens with one attached hydrogen (secondary N) is 1. The topological polar surface area (TPSA) is 91.8 Å². The molecule has 2 fully saturated rings. The number of benzene rings is 2. The van der Waals surface area contributed by atoms with Gasteiger partial charge in [0.2, 0.25) is 5.91 Å². The maximum atomic E-state index is 14.0. The highest BCUT2D eigenvalue weighted by molar-refractivity contribution is 6.33. The number of nitrogens with zero attached hydrogens (tertiary/aromatic N) is 3. The molecule has 2 aliphatic rings. The standard InChI is InChI=1S/C29H29ClN4O4/c1-20-7-2-3-9-22(20)28(37)34-25(26(35)32-18-21-8-6-14-31-17-21)19-38-29(34)12-15-33(16-13-29)27(36)23-10-4-5-11-24(23)30/h2-11,14,17,25H,12-13,15-16,18-19H2,1H3,(H,32,35)/t25-/m1/s1. The van der Waals surface area contributed by atoms with Gasteiger partial charge in [0.05, 0.1) is 17.2 Å². The fourth-order valence-corrected chi connectivity index (χ4v) is 5.40. The molecular weight excluding hydrogens is 504 g/mol. The van der Waals surface area contributed by atoms with Crippen LogP contribution in [-0.2, 0) is 16.1 Å². The highest BCUT2D eigenvalue weighted by Crippen LogP contribution is 2.39. The number of carbonyl (C=O) groups excluding carboxylic acids is 3. The molecule has 38 heavy (non-hydrogen) atoms. The second-order valence-electron chi connectivity index (χ2n) is 9.61. The lowest BCUT2D eigenvalue weighted by molar-refractivity contribution is -0.128. The summed E-state index contributed by atoms with van der Waals surface area (Å²) < 4.78 is 6.29. The Morgan fingerprint density at radius 1 is 1.00 bits per heavy atom. The lowest BCUT2D eigenvalue weighted by atomic mass is 9.95.